The number of amides is 2. The molecule has 1 aliphatic heterocycles. The van der Waals surface area contributed by atoms with Crippen molar-refractivity contribution in [2.45, 2.75) is 25.9 Å². The Hall–Kier alpha value is -2.41. The molecule has 2 atom stereocenters. The number of halogens is 1. The van der Waals surface area contributed by atoms with Crippen molar-refractivity contribution >= 4 is 29.9 Å². The van der Waals surface area contributed by atoms with Crippen molar-refractivity contribution in [3.63, 3.8) is 0 Å². The molecule has 1 heterocycles. The molecule has 3 rings (SSSR count). The zero-order valence-corrected chi connectivity index (χ0v) is 18.6. The monoisotopic (exact) mass is 430 g/mol. The Kier molecular flexibility index (Phi) is 8.84. The second-order valence-corrected chi connectivity index (χ2v) is 7.65. The van der Waals surface area contributed by atoms with Crippen LogP contribution in [0.2, 0.25) is 0 Å². The van der Waals surface area contributed by atoms with Crippen molar-refractivity contribution < 1.29 is 9.59 Å². The molecule has 2 aromatic rings. The van der Waals surface area contributed by atoms with E-state index in [1.807, 2.05) is 56.4 Å². The van der Waals surface area contributed by atoms with Gasteiger partial charge in [0.1, 0.15) is 0 Å². The minimum absolute atomic E-state index is 0. The first kappa shape index (κ1) is 23.9. The van der Waals surface area contributed by atoms with Crippen LogP contribution in [0.4, 0.5) is 5.69 Å². The van der Waals surface area contributed by atoms with Gasteiger partial charge in [0.25, 0.3) is 5.91 Å². The number of nitrogens with one attached hydrogen (secondary N) is 2. The van der Waals surface area contributed by atoms with Gasteiger partial charge < -0.3 is 15.5 Å². The molecule has 2 N–H and O–H groups in total. The average Bonchev–Trinajstić information content (AvgIpc) is 2.75. The minimum Gasteiger partial charge on any atom is -0.338 e. The first-order chi connectivity index (χ1) is 14.0. The summed E-state index contributed by atoms with van der Waals surface area (Å²) in [6, 6.07) is 17.1. The summed E-state index contributed by atoms with van der Waals surface area (Å²) in [5.41, 5.74) is 2.32. The van der Waals surface area contributed by atoms with Crippen molar-refractivity contribution in [3.8, 4) is 0 Å². The van der Waals surface area contributed by atoms with E-state index < -0.39 is 0 Å². The van der Waals surface area contributed by atoms with Gasteiger partial charge in [-0.25, -0.2) is 0 Å². The van der Waals surface area contributed by atoms with Crippen LogP contribution in [0.25, 0.3) is 0 Å². The quantitative estimate of drug-likeness (QED) is 0.738. The standard InChI is InChI=1S/C23H30N4O2.ClH/c1-17-15-24-12-13-27(17)16-22(28)26(3)18(2)20-10-7-11-21(14-20)25-23(29)19-8-5-4-6-9-19;/h4-11,14,17-18,24H,12-13,15-16H2,1-3H3,(H,25,29);1H/t17-,18?;/m1./s1. The second kappa shape index (κ2) is 11.1. The third-order valence-corrected chi connectivity index (χ3v) is 5.61. The number of piperazine rings is 1. The summed E-state index contributed by atoms with van der Waals surface area (Å²) >= 11 is 0. The summed E-state index contributed by atoms with van der Waals surface area (Å²) in [5, 5.41) is 6.28. The lowest BCUT2D eigenvalue weighted by Crippen LogP contribution is -2.53. The summed E-state index contributed by atoms with van der Waals surface area (Å²) in [4.78, 5) is 29.2. The molecule has 1 unspecified atom stereocenters. The van der Waals surface area contributed by atoms with E-state index in [0.717, 1.165) is 30.9 Å². The van der Waals surface area contributed by atoms with E-state index in [1.54, 1.807) is 17.0 Å². The van der Waals surface area contributed by atoms with E-state index in [2.05, 4.69) is 22.5 Å². The fourth-order valence-electron chi connectivity index (χ4n) is 3.51. The lowest BCUT2D eigenvalue weighted by atomic mass is 10.1. The largest absolute Gasteiger partial charge is 0.338 e. The van der Waals surface area contributed by atoms with Crippen LogP contribution in [0.1, 0.15) is 35.8 Å². The molecule has 0 aromatic heterocycles. The number of likely N-dealkylation sites (N-methyl/N-ethyl adjacent to an activating group) is 1. The van der Waals surface area contributed by atoms with Crippen molar-refractivity contribution in [3.05, 3.63) is 65.7 Å². The number of hydrogen-bond acceptors (Lipinski definition) is 4. The Morgan fingerprint density at radius 2 is 1.93 bits per heavy atom. The Labute approximate surface area is 185 Å². The van der Waals surface area contributed by atoms with Gasteiger partial charge in [-0.1, -0.05) is 30.3 Å². The molecule has 1 saturated heterocycles. The normalized spacial score (nSPS) is 17.5. The van der Waals surface area contributed by atoms with Gasteiger partial charge in [0, 0.05) is 44.0 Å². The number of nitrogens with zero attached hydrogens (tertiary/aromatic N) is 2. The van der Waals surface area contributed by atoms with E-state index >= 15 is 0 Å². The SMILES string of the molecule is CC(c1cccc(NC(=O)c2ccccc2)c1)N(C)C(=O)CN1CCNC[C@H]1C.Cl. The smallest absolute Gasteiger partial charge is 0.255 e. The highest BCUT2D eigenvalue weighted by atomic mass is 35.5. The number of anilines is 1. The third-order valence-electron chi connectivity index (χ3n) is 5.61. The Bertz CT molecular complexity index is 846. The van der Waals surface area contributed by atoms with E-state index in [1.165, 1.54) is 0 Å². The maximum atomic E-state index is 12.8. The predicted molar refractivity (Wildman–Crippen MR) is 123 cm³/mol. The van der Waals surface area contributed by atoms with Gasteiger partial charge in [-0.05, 0) is 43.7 Å². The number of rotatable bonds is 6. The topological polar surface area (TPSA) is 64.7 Å². The highest BCUT2D eigenvalue weighted by molar-refractivity contribution is 6.04. The Morgan fingerprint density at radius 1 is 1.20 bits per heavy atom. The van der Waals surface area contributed by atoms with E-state index in [9.17, 15) is 9.59 Å². The molecule has 2 aromatic carbocycles. The van der Waals surface area contributed by atoms with E-state index in [0.29, 0.717) is 18.2 Å². The van der Waals surface area contributed by atoms with Crippen LogP contribution in [-0.4, -0.2) is 60.9 Å². The van der Waals surface area contributed by atoms with Gasteiger partial charge in [0.15, 0.2) is 0 Å². The molecule has 0 spiro atoms. The maximum Gasteiger partial charge on any atom is 0.255 e. The molecular weight excluding hydrogens is 400 g/mol. The predicted octanol–water partition coefficient (Wildman–Crippen LogP) is 3.17. The summed E-state index contributed by atoms with van der Waals surface area (Å²) in [5.74, 6) is -0.0440. The van der Waals surface area contributed by atoms with Crippen LogP contribution < -0.4 is 10.6 Å². The minimum atomic E-state index is -0.146. The van der Waals surface area contributed by atoms with Crippen LogP contribution in [0.15, 0.2) is 54.6 Å². The summed E-state index contributed by atoms with van der Waals surface area (Å²) in [6.07, 6.45) is 0. The molecule has 162 valence electrons. The number of carbonyl (C=O) groups excluding carboxylic acids is 2. The molecule has 2 amide bonds. The van der Waals surface area contributed by atoms with Crippen LogP contribution in [-0.2, 0) is 4.79 Å². The molecule has 1 fully saturated rings. The van der Waals surface area contributed by atoms with E-state index in [-0.39, 0.29) is 30.3 Å². The summed E-state index contributed by atoms with van der Waals surface area (Å²) in [7, 11) is 1.84. The van der Waals surface area contributed by atoms with Crippen molar-refractivity contribution in [1.29, 1.82) is 0 Å². The molecule has 0 bridgehead atoms. The fourth-order valence-corrected chi connectivity index (χ4v) is 3.51. The van der Waals surface area contributed by atoms with Gasteiger partial charge in [-0.3, -0.25) is 14.5 Å². The molecule has 30 heavy (non-hydrogen) atoms. The third kappa shape index (κ3) is 6.05. The Morgan fingerprint density at radius 3 is 2.63 bits per heavy atom. The first-order valence-electron chi connectivity index (χ1n) is 10.1. The van der Waals surface area contributed by atoms with Crippen LogP contribution in [0.3, 0.4) is 0 Å². The van der Waals surface area contributed by atoms with Gasteiger partial charge in [-0.15, -0.1) is 12.4 Å². The van der Waals surface area contributed by atoms with Crippen molar-refractivity contribution in [2.24, 2.45) is 0 Å². The summed E-state index contributed by atoms with van der Waals surface area (Å²) in [6.45, 7) is 7.29. The highest BCUT2D eigenvalue weighted by Crippen LogP contribution is 2.23. The zero-order chi connectivity index (χ0) is 20.8. The highest BCUT2D eigenvalue weighted by Gasteiger charge is 2.24. The average molecular weight is 431 g/mol. The lowest BCUT2D eigenvalue weighted by Gasteiger charge is -2.35. The van der Waals surface area contributed by atoms with Gasteiger partial charge in [0.2, 0.25) is 5.91 Å². The Balaban J connectivity index is 0.00000320. The summed E-state index contributed by atoms with van der Waals surface area (Å²) < 4.78 is 0. The first-order valence-corrected chi connectivity index (χ1v) is 10.1. The second-order valence-electron chi connectivity index (χ2n) is 7.65. The van der Waals surface area contributed by atoms with Crippen LogP contribution >= 0.6 is 12.4 Å². The van der Waals surface area contributed by atoms with Gasteiger partial charge in [-0.2, -0.15) is 0 Å². The van der Waals surface area contributed by atoms with Crippen LogP contribution in [0, 0.1) is 0 Å². The molecule has 0 saturated carbocycles. The number of benzene rings is 2. The molecule has 0 aliphatic carbocycles. The van der Waals surface area contributed by atoms with Gasteiger partial charge >= 0.3 is 0 Å². The fraction of sp³-hybridized carbons (Fsp3) is 0.391. The van der Waals surface area contributed by atoms with Crippen molar-refractivity contribution in [1.82, 2.24) is 15.1 Å². The van der Waals surface area contributed by atoms with Crippen LogP contribution in [0.5, 0.6) is 0 Å². The molecule has 6 nitrogen and oxygen atoms in total. The lowest BCUT2D eigenvalue weighted by molar-refractivity contribution is -0.133. The van der Waals surface area contributed by atoms with Gasteiger partial charge in [0.05, 0.1) is 12.6 Å². The van der Waals surface area contributed by atoms with E-state index in [4.69, 9.17) is 0 Å². The molecular formula is C23H31ClN4O2. The molecule has 0 radical (unpaired) electrons. The molecule has 1 aliphatic rings. The number of carbonyl (C=O) groups is 2. The zero-order valence-electron chi connectivity index (χ0n) is 17.8. The molecule has 7 heteroatoms. The van der Waals surface area contributed by atoms with Crippen molar-refractivity contribution in [2.75, 3.05) is 38.5 Å². The number of hydrogen-bond donors (Lipinski definition) is 2. The maximum absolute atomic E-state index is 12.8.